The summed E-state index contributed by atoms with van der Waals surface area (Å²) in [7, 11) is 1.62. The van der Waals surface area contributed by atoms with Crippen molar-refractivity contribution in [3.05, 3.63) is 96.1 Å². The van der Waals surface area contributed by atoms with Crippen LogP contribution in [0.1, 0.15) is 11.1 Å². The molecule has 0 bridgehead atoms. The second-order valence-corrected chi connectivity index (χ2v) is 6.56. The second kappa shape index (κ2) is 9.52. The van der Waals surface area contributed by atoms with E-state index in [1.165, 1.54) is 6.08 Å². The first-order valence-corrected chi connectivity index (χ1v) is 9.28. The van der Waals surface area contributed by atoms with E-state index in [4.69, 9.17) is 17.0 Å². The number of rotatable bonds is 6. The predicted octanol–water partition coefficient (Wildman–Crippen LogP) is 5.02. The first-order valence-electron chi connectivity index (χ1n) is 8.87. The van der Waals surface area contributed by atoms with Crippen molar-refractivity contribution in [3.8, 4) is 5.75 Å². The van der Waals surface area contributed by atoms with E-state index in [2.05, 4.69) is 10.6 Å². The standard InChI is InChI=1S/C23H20N2O3S/c1-28-20-12-10-18(11-13-20)24-23(29)25-19-9-5-8-17(14-19)21(15-22(26)27)16-6-3-2-4-7-16/h2-15H,1H3,(H,26,27)(H2,24,25,29)/b21-15-. The Hall–Kier alpha value is -3.64. The van der Waals surface area contributed by atoms with Gasteiger partial charge in [0, 0.05) is 17.5 Å². The van der Waals surface area contributed by atoms with Crippen LogP contribution in [0.25, 0.3) is 5.57 Å². The molecule has 0 aromatic heterocycles. The Bertz CT molecular complexity index is 1030. The first-order chi connectivity index (χ1) is 14.0. The summed E-state index contributed by atoms with van der Waals surface area (Å²) < 4.78 is 5.15. The summed E-state index contributed by atoms with van der Waals surface area (Å²) in [4.78, 5) is 11.3. The zero-order chi connectivity index (χ0) is 20.6. The van der Waals surface area contributed by atoms with Crippen LogP contribution in [-0.2, 0) is 4.79 Å². The van der Waals surface area contributed by atoms with Gasteiger partial charge in [-0.25, -0.2) is 4.79 Å². The number of ether oxygens (including phenoxy) is 1. The fourth-order valence-corrected chi connectivity index (χ4v) is 3.04. The topological polar surface area (TPSA) is 70.6 Å². The van der Waals surface area contributed by atoms with Gasteiger partial charge in [0.25, 0.3) is 0 Å². The molecular weight excluding hydrogens is 384 g/mol. The summed E-state index contributed by atoms with van der Waals surface area (Å²) in [5, 5.41) is 16.0. The molecule has 0 atom stereocenters. The Morgan fingerprint density at radius 2 is 1.55 bits per heavy atom. The van der Waals surface area contributed by atoms with Crippen molar-refractivity contribution in [2.24, 2.45) is 0 Å². The number of anilines is 2. The molecule has 0 saturated heterocycles. The van der Waals surface area contributed by atoms with Gasteiger partial charge in [0.2, 0.25) is 0 Å². The number of hydrogen-bond acceptors (Lipinski definition) is 3. The smallest absolute Gasteiger partial charge is 0.328 e. The minimum Gasteiger partial charge on any atom is -0.497 e. The number of carbonyl (C=O) groups is 1. The molecule has 0 heterocycles. The molecule has 0 aliphatic rings. The van der Waals surface area contributed by atoms with Gasteiger partial charge in [-0.1, -0.05) is 42.5 Å². The van der Waals surface area contributed by atoms with Crippen LogP contribution < -0.4 is 15.4 Å². The van der Waals surface area contributed by atoms with Crippen molar-refractivity contribution < 1.29 is 14.6 Å². The number of nitrogens with one attached hydrogen (secondary N) is 2. The van der Waals surface area contributed by atoms with E-state index in [0.29, 0.717) is 10.7 Å². The Balaban J connectivity index is 1.78. The molecule has 0 aliphatic heterocycles. The van der Waals surface area contributed by atoms with Crippen LogP contribution in [-0.4, -0.2) is 23.3 Å². The molecule has 0 spiro atoms. The normalized spacial score (nSPS) is 10.9. The molecule has 0 unspecified atom stereocenters. The summed E-state index contributed by atoms with van der Waals surface area (Å²) in [6.07, 6.45) is 1.21. The fraction of sp³-hybridized carbons (Fsp3) is 0.0435. The molecule has 0 fully saturated rings. The Morgan fingerprint density at radius 3 is 2.21 bits per heavy atom. The minimum atomic E-state index is -1.00. The maximum Gasteiger partial charge on any atom is 0.328 e. The van der Waals surface area contributed by atoms with E-state index in [-0.39, 0.29) is 0 Å². The van der Waals surface area contributed by atoms with E-state index in [1.54, 1.807) is 7.11 Å². The van der Waals surface area contributed by atoms with Crippen LogP contribution in [0.15, 0.2) is 84.9 Å². The molecule has 0 radical (unpaired) electrons. The third-order valence-electron chi connectivity index (χ3n) is 4.13. The van der Waals surface area contributed by atoms with E-state index in [1.807, 2.05) is 78.9 Å². The van der Waals surface area contributed by atoms with Crippen molar-refractivity contribution in [1.82, 2.24) is 0 Å². The van der Waals surface area contributed by atoms with Crippen LogP contribution in [0.4, 0.5) is 11.4 Å². The molecular formula is C23H20N2O3S. The van der Waals surface area contributed by atoms with Crippen LogP contribution >= 0.6 is 12.2 Å². The van der Waals surface area contributed by atoms with Crippen LogP contribution in [0.5, 0.6) is 5.75 Å². The predicted molar refractivity (Wildman–Crippen MR) is 120 cm³/mol. The Kier molecular flexibility index (Phi) is 6.60. The van der Waals surface area contributed by atoms with Gasteiger partial charge in [-0.3, -0.25) is 0 Å². The number of benzene rings is 3. The van der Waals surface area contributed by atoms with Gasteiger partial charge in [0.1, 0.15) is 5.75 Å². The van der Waals surface area contributed by atoms with Gasteiger partial charge in [-0.15, -0.1) is 0 Å². The largest absolute Gasteiger partial charge is 0.497 e. The second-order valence-electron chi connectivity index (χ2n) is 6.15. The average molecular weight is 404 g/mol. The summed E-state index contributed by atoms with van der Waals surface area (Å²) in [5.74, 6) is -0.236. The molecule has 0 aliphatic carbocycles. The number of thiocarbonyl (C=S) groups is 1. The third kappa shape index (κ3) is 5.67. The van der Waals surface area contributed by atoms with Crippen LogP contribution in [0.3, 0.4) is 0 Å². The van der Waals surface area contributed by atoms with E-state index in [0.717, 1.165) is 28.3 Å². The van der Waals surface area contributed by atoms with Crippen LogP contribution in [0.2, 0.25) is 0 Å². The molecule has 3 aromatic carbocycles. The molecule has 0 amide bonds. The Labute approximate surface area is 174 Å². The number of carboxylic acids is 1. The highest BCUT2D eigenvalue weighted by molar-refractivity contribution is 7.80. The van der Waals surface area contributed by atoms with Crippen molar-refractivity contribution >= 4 is 40.2 Å². The summed E-state index contributed by atoms with van der Waals surface area (Å²) >= 11 is 5.39. The van der Waals surface area contributed by atoms with E-state index >= 15 is 0 Å². The summed E-state index contributed by atoms with van der Waals surface area (Å²) in [6.45, 7) is 0. The number of methoxy groups -OCH3 is 1. The summed E-state index contributed by atoms with van der Waals surface area (Å²) in [5.41, 5.74) is 3.80. The molecule has 29 heavy (non-hydrogen) atoms. The monoisotopic (exact) mass is 404 g/mol. The minimum absolute atomic E-state index is 0.427. The van der Waals surface area contributed by atoms with Crippen molar-refractivity contribution in [2.45, 2.75) is 0 Å². The van der Waals surface area contributed by atoms with Gasteiger partial charge >= 0.3 is 5.97 Å². The van der Waals surface area contributed by atoms with Gasteiger partial charge in [0.05, 0.1) is 7.11 Å². The maximum atomic E-state index is 11.3. The highest BCUT2D eigenvalue weighted by Crippen LogP contribution is 2.26. The number of aliphatic carboxylic acids is 1. The van der Waals surface area contributed by atoms with Crippen molar-refractivity contribution in [1.29, 1.82) is 0 Å². The SMILES string of the molecule is COc1ccc(NC(=S)Nc2cccc(/C(=C\C(=O)O)c3ccccc3)c2)cc1. The van der Waals surface area contributed by atoms with Crippen molar-refractivity contribution in [3.63, 3.8) is 0 Å². The zero-order valence-electron chi connectivity index (χ0n) is 15.8. The van der Waals surface area contributed by atoms with E-state index < -0.39 is 5.97 Å². The molecule has 6 heteroatoms. The average Bonchev–Trinajstić information content (AvgIpc) is 2.73. The molecule has 5 nitrogen and oxygen atoms in total. The molecule has 0 saturated carbocycles. The fourth-order valence-electron chi connectivity index (χ4n) is 2.81. The lowest BCUT2D eigenvalue weighted by Gasteiger charge is -2.13. The van der Waals surface area contributed by atoms with Gasteiger partial charge in [0.15, 0.2) is 5.11 Å². The third-order valence-corrected chi connectivity index (χ3v) is 4.34. The maximum absolute atomic E-state index is 11.3. The number of hydrogen-bond donors (Lipinski definition) is 3. The molecule has 3 rings (SSSR count). The number of carboxylic acid groups (broad SMARTS) is 1. The van der Waals surface area contributed by atoms with Crippen LogP contribution in [0, 0.1) is 0 Å². The lowest BCUT2D eigenvalue weighted by atomic mass is 9.97. The molecule has 146 valence electrons. The Morgan fingerprint density at radius 1 is 0.897 bits per heavy atom. The van der Waals surface area contributed by atoms with E-state index in [9.17, 15) is 9.90 Å². The van der Waals surface area contributed by atoms with Gasteiger partial charge in [-0.2, -0.15) is 0 Å². The molecule has 3 N–H and O–H groups in total. The summed E-state index contributed by atoms with van der Waals surface area (Å²) in [6, 6.07) is 24.3. The quantitative estimate of drug-likeness (QED) is 0.396. The van der Waals surface area contributed by atoms with Crippen molar-refractivity contribution in [2.75, 3.05) is 17.7 Å². The van der Waals surface area contributed by atoms with Gasteiger partial charge < -0.3 is 20.5 Å². The highest BCUT2D eigenvalue weighted by atomic mass is 32.1. The lowest BCUT2D eigenvalue weighted by molar-refractivity contribution is -0.131. The lowest BCUT2D eigenvalue weighted by Crippen LogP contribution is -2.19. The highest BCUT2D eigenvalue weighted by Gasteiger charge is 2.09. The molecule has 3 aromatic rings. The zero-order valence-corrected chi connectivity index (χ0v) is 16.6. The first kappa shape index (κ1) is 20.1. The van der Waals surface area contributed by atoms with Gasteiger partial charge in [-0.05, 0) is 65.3 Å².